The van der Waals surface area contributed by atoms with Gasteiger partial charge >= 0.3 is 0 Å². The highest BCUT2D eigenvalue weighted by Gasteiger charge is 2.35. The molecule has 60 valence electrons. The first-order chi connectivity index (χ1) is 5.11. The Balaban J connectivity index is 2.26. The molecule has 4 nitrogen and oxygen atoms in total. The van der Waals surface area contributed by atoms with Crippen molar-refractivity contribution in [2.24, 2.45) is 5.92 Å². The number of amides is 2. The molecule has 0 unspecified atom stereocenters. The summed E-state index contributed by atoms with van der Waals surface area (Å²) in [6, 6.07) is 0.203. The fourth-order valence-corrected chi connectivity index (χ4v) is 1.09. The smallest absolute Gasteiger partial charge is 0.227 e. The zero-order valence-corrected chi connectivity index (χ0v) is 6.68. The van der Waals surface area contributed by atoms with Crippen molar-refractivity contribution in [2.75, 3.05) is 6.54 Å². The summed E-state index contributed by atoms with van der Waals surface area (Å²) < 4.78 is 0. The van der Waals surface area contributed by atoms with Crippen LogP contribution in [0.4, 0.5) is 4.79 Å². The second-order valence-electron chi connectivity index (χ2n) is 2.84. The molecular formula is C6H11BN2O2. The van der Waals surface area contributed by atoms with Gasteiger partial charge in [0.05, 0.1) is 5.92 Å². The summed E-state index contributed by atoms with van der Waals surface area (Å²) in [5, 5.41) is 5.30. The average Bonchev–Trinajstić information content (AvgIpc) is 1.86. The zero-order chi connectivity index (χ0) is 8.43. The minimum Gasteiger partial charge on any atom is -0.365 e. The van der Waals surface area contributed by atoms with Crippen molar-refractivity contribution in [3.8, 4) is 0 Å². The van der Waals surface area contributed by atoms with Crippen LogP contribution in [0.1, 0.15) is 6.92 Å². The van der Waals surface area contributed by atoms with E-state index in [2.05, 4.69) is 10.6 Å². The van der Waals surface area contributed by atoms with E-state index in [9.17, 15) is 9.59 Å². The molecule has 1 aliphatic rings. The van der Waals surface area contributed by atoms with Gasteiger partial charge in [-0.25, -0.2) is 0 Å². The molecule has 1 aliphatic heterocycles. The van der Waals surface area contributed by atoms with Crippen molar-refractivity contribution in [2.45, 2.75) is 13.0 Å². The van der Waals surface area contributed by atoms with Crippen molar-refractivity contribution in [1.82, 2.24) is 10.6 Å². The topological polar surface area (TPSA) is 58.2 Å². The molecule has 1 fully saturated rings. The monoisotopic (exact) mass is 154 g/mol. The van der Waals surface area contributed by atoms with Gasteiger partial charge in [0.2, 0.25) is 13.8 Å². The maximum Gasteiger partial charge on any atom is 0.227 e. The molecule has 0 bridgehead atoms. The third-order valence-corrected chi connectivity index (χ3v) is 1.88. The van der Waals surface area contributed by atoms with E-state index in [1.165, 1.54) is 7.85 Å². The third kappa shape index (κ3) is 1.72. The molecule has 11 heavy (non-hydrogen) atoms. The first-order valence-electron chi connectivity index (χ1n) is 3.66. The van der Waals surface area contributed by atoms with Crippen molar-refractivity contribution in [1.29, 1.82) is 0 Å². The Morgan fingerprint density at radius 2 is 2.45 bits per heavy atom. The van der Waals surface area contributed by atoms with Crippen LogP contribution in [0.15, 0.2) is 0 Å². The Bertz CT molecular complexity index is 195. The van der Waals surface area contributed by atoms with Gasteiger partial charge in [-0.1, -0.05) is 0 Å². The SMILES string of the molecule is BC(=O)NC[C@H]1C(=O)N[C@H]1C. The van der Waals surface area contributed by atoms with Crippen LogP contribution in [-0.4, -0.2) is 32.1 Å². The lowest BCUT2D eigenvalue weighted by molar-refractivity contribution is -0.134. The highest BCUT2D eigenvalue weighted by Crippen LogP contribution is 2.12. The molecule has 5 heteroatoms. The number of hydrogen-bond donors (Lipinski definition) is 2. The fourth-order valence-electron chi connectivity index (χ4n) is 1.09. The van der Waals surface area contributed by atoms with Crippen molar-refractivity contribution >= 4 is 19.6 Å². The Morgan fingerprint density at radius 1 is 1.82 bits per heavy atom. The van der Waals surface area contributed by atoms with E-state index in [1.54, 1.807) is 0 Å². The highest BCUT2D eigenvalue weighted by molar-refractivity contribution is 6.57. The van der Waals surface area contributed by atoms with E-state index in [0.717, 1.165) is 0 Å². The molecule has 2 N–H and O–H groups in total. The summed E-state index contributed by atoms with van der Waals surface area (Å²) >= 11 is 0. The Labute approximate surface area is 66.1 Å². The number of nitrogens with one attached hydrogen (secondary N) is 2. The number of carbonyl (C=O) groups excluding carboxylic acids is 2. The largest absolute Gasteiger partial charge is 0.365 e. The van der Waals surface area contributed by atoms with Crippen molar-refractivity contribution in [3.05, 3.63) is 0 Å². The van der Waals surface area contributed by atoms with Crippen LogP contribution >= 0.6 is 0 Å². The summed E-state index contributed by atoms with van der Waals surface area (Å²) in [6.45, 7) is 2.39. The van der Waals surface area contributed by atoms with Gasteiger partial charge in [0, 0.05) is 12.6 Å². The summed E-state index contributed by atoms with van der Waals surface area (Å²) in [5.74, 6) is -0.0814. The predicted molar refractivity (Wildman–Crippen MR) is 43.0 cm³/mol. The molecule has 0 aromatic rings. The molecule has 1 rings (SSSR count). The number of rotatable bonds is 2. The lowest BCUT2D eigenvalue weighted by Crippen LogP contribution is -2.60. The third-order valence-electron chi connectivity index (χ3n) is 1.88. The first kappa shape index (κ1) is 8.10. The normalized spacial score (nSPS) is 28.6. The fraction of sp³-hybridized carbons (Fsp3) is 0.667. The number of carbonyl (C=O) groups is 2. The molecule has 0 radical (unpaired) electrons. The van der Waals surface area contributed by atoms with Crippen LogP contribution in [0.3, 0.4) is 0 Å². The first-order valence-corrected chi connectivity index (χ1v) is 3.66. The Hall–Kier alpha value is -0.995. The molecule has 0 saturated carbocycles. The van der Waals surface area contributed by atoms with Crippen LogP contribution in [-0.2, 0) is 4.79 Å². The van der Waals surface area contributed by atoms with Gasteiger partial charge in [-0.2, -0.15) is 0 Å². The van der Waals surface area contributed by atoms with Crippen LogP contribution in [0, 0.1) is 5.92 Å². The maximum atomic E-state index is 10.8. The van der Waals surface area contributed by atoms with Gasteiger partial charge in [-0.15, -0.1) is 0 Å². The summed E-state index contributed by atoms with van der Waals surface area (Å²) in [5.41, 5.74) is 0. The Kier molecular flexibility index (Phi) is 2.17. The molecular weight excluding hydrogens is 143 g/mol. The summed E-state index contributed by atoms with van der Waals surface area (Å²) in [4.78, 5) is 21.2. The molecule has 0 aliphatic carbocycles. The summed E-state index contributed by atoms with van der Waals surface area (Å²) in [6.07, 6.45) is 0. The quantitative estimate of drug-likeness (QED) is 0.374. The second kappa shape index (κ2) is 2.94. The van der Waals surface area contributed by atoms with E-state index in [-0.39, 0.29) is 23.7 Å². The van der Waals surface area contributed by atoms with Gasteiger partial charge < -0.3 is 10.6 Å². The average molecular weight is 154 g/mol. The molecule has 2 atom stereocenters. The molecule has 0 spiro atoms. The van der Waals surface area contributed by atoms with Gasteiger partial charge in [0.15, 0.2) is 5.81 Å². The van der Waals surface area contributed by atoms with Crippen LogP contribution in [0.2, 0.25) is 0 Å². The van der Waals surface area contributed by atoms with Gasteiger partial charge in [0.25, 0.3) is 0 Å². The van der Waals surface area contributed by atoms with E-state index in [1.807, 2.05) is 6.92 Å². The standard InChI is InChI=1S/C6H11BN2O2/c1-3-4(5(10)9-3)2-8-6(7)11/h3-4H,2,7H2,1H3,(H,8,11)(H,9,10)/t3-,4+/m0/s1. The van der Waals surface area contributed by atoms with Gasteiger partial charge in [-0.3, -0.25) is 9.59 Å². The van der Waals surface area contributed by atoms with E-state index in [4.69, 9.17) is 0 Å². The van der Waals surface area contributed by atoms with Crippen molar-refractivity contribution in [3.63, 3.8) is 0 Å². The predicted octanol–water partition coefficient (Wildman–Crippen LogP) is -1.54. The van der Waals surface area contributed by atoms with E-state index < -0.39 is 0 Å². The molecule has 2 amide bonds. The Morgan fingerprint density at radius 3 is 2.82 bits per heavy atom. The highest BCUT2D eigenvalue weighted by atomic mass is 16.2. The molecule has 1 heterocycles. The van der Waals surface area contributed by atoms with Crippen LogP contribution in [0.5, 0.6) is 0 Å². The van der Waals surface area contributed by atoms with Gasteiger partial charge in [0.1, 0.15) is 0 Å². The maximum absolute atomic E-state index is 10.8. The second-order valence-corrected chi connectivity index (χ2v) is 2.84. The molecule has 0 aromatic heterocycles. The van der Waals surface area contributed by atoms with E-state index >= 15 is 0 Å². The van der Waals surface area contributed by atoms with Crippen LogP contribution < -0.4 is 10.6 Å². The van der Waals surface area contributed by atoms with Crippen LogP contribution in [0.25, 0.3) is 0 Å². The molecule has 0 aromatic carbocycles. The van der Waals surface area contributed by atoms with Gasteiger partial charge in [-0.05, 0) is 6.92 Å². The lowest BCUT2D eigenvalue weighted by Gasteiger charge is -2.33. The lowest BCUT2D eigenvalue weighted by atomic mass is 9.92. The van der Waals surface area contributed by atoms with E-state index in [0.29, 0.717) is 6.54 Å². The minimum absolute atomic E-state index is 0.0288. The molecule has 1 saturated heterocycles. The zero-order valence-electron chi connectivity index (χ0n) is 6.68. The minimum atomic E-state index is -0.0862. The number of β-lactam (4-membered cyclic amide) rings is 1. The van der Waals surface area contributed by atoms with Crippen molar-refractivity contribution < 1.29 is 9.59 Å². The number of hydrogen-bond acceptors (Lipinski definition) is 2. The summed E-state index contributed by atoms with van der Waals surface area (Å²) in [7, 11) is 1.45.